The van der Waals surface area contributed by atoms with E-state index in [0.717, 1.165) is 5.56 Å². The van der Waals surface area contributed by atoms with Crippen LogP contribution < -0.4 is 14.8 Å². The zero-order valence-corrected chi connectivity index (χ0v) is 10.7. The SMILES string of the molecule is CC(NCC(F)(F)CO)c1ccc2c(c1)OCCO2. The molecule has 0 aliphatic carbocycles. The van der Waals surface area contributed by atoms with Crippen LogP contribution in [0.2, 0.25) is 0 Å². The van der Waals surface area contributed by atoms with Gasteiger partial charge in [-0.15, -0.1) is 0 Å². The molecule has 1 unspecified atom stereocenters. The number of ether oxygens (including phenoxy) is 2. The number of rotatable bonds is 5. The molecule has 0 radical (unpaired) electrons. The minimum atomic E-state index is -3.11. The molecule has 1 aromatic carbocycles. The average molecular weight is 273 g/mol. The van der Waals surface area contributed by atoms with E-state index in [0.29, 0.717) is 24.7 Å². The Balaban J connectivity index is 2.01. The molecule has 6 heteroatoms. The molecular formula is C13H17F2NO3. The summed E-state index contributed by atoms with van der Waals surface area (Å²) in [5, 5.41) is 11.2. The molecule has 106 valence electrons. The first-order chi connectivity index (χ1) is 9.02. The lowest BCUT2D eigenvalue weighted by Crippen LogP contribution is -2.37. The molecule has 0 spiro atoms. The highest BCUT2D eigenvalue weighted by Gasteiger charge is 2.28. The molecule has 2 rings (SSSR count). The predicted molar refractivity (Wildman–Crippen MR) is 65.9 cm³/mol. The number of fused-ring (bicyclic) bond motifs is 1. The summed E-state index contributed by atoms with van der Waals surface area (Å²) in [6.07, 6.45) is 0. The summed E-state index contributed by atoms with van der Waals surface area (Å²) < 4.78 is 36.7. The zero-order valence-electron chi connectivity index (χ0n) is 10.7. The van der Waals surface area contributed by atoms with E-state index < -0.39 is 19.1 Å². The summed E-state index contributed by atoms with van der Waals surface area (Å²) in [4.78, 5) is 0. The molecule has 0 saturated heterocycles. The van der Waals surface area contributed by atoms with Gasteiger partial charge in [-0.2, -0.15) is 0 Å². The third-order valence-corrected chi connectivity index (χ3v) is 2.96. The van der Waals surface area contributed by atoms with Crippen molar-refractivity contribution in [3.05, 3.63) is 23.8 Å². The fourth-order valence-electron chi connectivity index (χ4n) is 1.81. The maximum Gasteiger partial charge on any atom is 0.282 e. The van der Waals surface area contributed by atoms with Crippen LogP contribution in [0.5, 0.6) is 11.5 Å². The molecule has 1 aliphatic heterocycles. The van der Waals surface area contributed by atoms with Crippen molar-refractivity contribution >= 4 is 0 Å². The van der Waals surface area contributed by atoms with Crippen molar-refractivity contribution in [3.63, 3.8) is 0 Å². The Hall–Kier alpha value is -1.40. The second kappa shape index (κ2) is 5.71. The number of nitrogens with one attached hydrogen (secondary N) is 1. The minimum absolute atomic E-state index is 0.270. The number of aliphatic hydroxyl groups is 1. The number of hydrogen-bond donors (Lipinski definition) is 2. The van der Waals surface area contributed by atoms with Gasteiger partial charge in [0.15, 0.2) is 11.5 Å². The molecule has 0 bridgehead atoms. The summed E-state index contributed by atoms with van der Waals surface area (Å²) >= 11 is 0. The second-order valence-electron chi connectivity index (χ2n) is 4.52. The van der Waals surface area contributed by atoms with Gasteiger partial charge in [-0.25, -0.2) is 8.78 Å². The van der Waals surface area contributed by atoms with Gasteiger partial charge < -0.3 is 19.9 Å². The van der Waals surface area contributed by atoms with Crippen molar-refractivity contribution in [1.82, 2.24) is 5.32 Å². The Morgan fingerprint density at radius 1 is 1.32 bits per heavy atom. The fourth-order valence-corrected chi connectivity index (χ4v) is 1.81. The lowest BCUT2D eigenvalue weighted by Gasteiger charge is -2.22. The van der Waals surface area contributed by atoms with E-state index in [-0.39, 0.29) is 6.04 Å². The molecule has 1 heterocycles. The van der Waals surface area contributed by atoms with E-state index in [1.54, 1.807) is 19.1 Å². The number of hydrogen-bond acceptors (Lipinski definition) is 4. The van der Waals surface area contributed by atoms with Crippen molar-refractivity contribution in [1.29, 1.82) is 0 Å². The number of halogens is 2. The fraction of sp³-hybridized carbons (Fsp3) is 0.538. The Kier molecular flexibility index (Phi) is 4.21. The molecule has 1 aliphatic rings. The number of alkyl halides is 2. The molecule has 4 nitrogen and oxygen atoms in total. The van der Waals surface area contributed by atoms with Gasteiger partial charge in [0.2, 0.25) is 0 Å². The van der Waals surface area contributed by atoms with Crippen molar-refractivity contribution in [2.24, 2.45) is 0 Å². The van der Waals surface area contributed by atoms with E-state index in [1.807, 2.05) is 6.07 Å². The summed E-state index contributed by atoms with van der Waals surface area (Å²) in [5.41, 5.74) is 0.831. The molecule has 1 aromatic rings. The van der Waals surface area contributed by atoms with Crippen molar-refractivity contribution < 1.29 is 23.4 Å². The zero-order chi connectivity index (χ0) is 13.9. The average Bonchev–Trinajstić information content (AvgIpc) is 2.44. The first kappa shape index (κ1) is 14.0. The third-order valence-electron chi connectivity index (χ3n) is 2.96. The van der Waals surface area contributed by atoms with Crippen LogP contribution in [0.25, 0.3) is 0 Å². The van der Waals surface area contributed by atoms with Gasteiger partial charge in [0.25, 0.3) is 5.92 Å². The maximum absolute atomic E-state index is 12.9. The van der Waals surface area contributed by atoms with Crippen LogP contribution in [0.4, 0.5) is 8.78 Å². The van der Waals surface area contributed by atoms with E-state index in [2.05, 4.69) is 5.32 Å². The van der Waals surface area contributed by atoms with E-state index in [9.17, 15) is 8.78 Å². The molecule has 1 atom stereocenters. The van der Waals surface area contributed by atoms with Crippen LogP contribution in [-0.4, -0.2) is 37.4 Å². The van der Waals surface area contributed by atoms with Crippen molar-refractivity contribution in [3.8, 4) is 11.5 Å². The van der Waals surface area contributed by atoms with Gasteiger partial charge in [-0.05, 0) is 24.6 Å². The van der Waals surface area contributed by atoms with Gasteiger partial charge in [-0.3, -0.25) is 0 Å². The lowest BCUT2D eigenvalue weighted by atomic mass is 10.1. The molecule has 0 fully saturated rings. The van der Waals surface area contributed by atoms with Crippen molar-refractivity contribution in [2.75, 3.05) is 26.4 Å². The van der Waals surface area contributed by atoms with Crippen LogP contribution in [0, 0.1) is 0 Å². The molecule has 0 aromatic heterocycles. The summed E-state index contributed by atoms with van der Waals surface area (Å²) in [5.74, 6) is -1.81. The molecule has 2 N–H and O–H groups in total. The van der Waals surface area contributed by atoms with Crippen LogP contribution in [-0.2, 0) is 0 Å². The first-order valence-corrected chi connectivity index (χ1v) is 6.13. The maximum atomic E-state index is 12.9. The Bertz CT molecular complexity index is 440. The Morgan fingerprint density at radius 2 is 2.00 bits per heavy atom. The van der Waals surface area contributed by atoms with Crippen molar-refractivity contribution in [2.45, 2.75) is 18.9 Å². The lowest BCUT2D eigenvalue weighted by molar-refractivity contribution is -0.0490. The minimum Gasteiger partial charge on any atom is -0.486 e. The van der Waals surface area contributed by atoms with E-state index in [1.165, 1.54) is 0 Å². The van der Waals surface area contributed by atoms with Gasteiger partial charge in [0.05, 0.1) is 6.54 Å². The number of aliphatic hydroxyl groups excluding tert-OH is 1. The normalized spacial score (nSPS) is 16.2. The second-order valence-corrected chi connectivity index (χ2v) is 4.52. The van der Waals surface area contributed by atoms with Gasteiger partial charge in [0, 0.05) is 6.04 Å². The first-order valence-electron chi connectivity index (χ1n) is 6.13. The molecule has 0 saturated carbocycles. The van der Waals surface area contributed by atoms with E-state index in [4.69, 9.17) is 14.6 Å². The highest BCUT2D eigenvalue weighted by molar-refractivity contribution is 5.44. The van der Waals surface area contributed by atoms with Gasteiger partial charge in [0.1, 0.15) is 19.8 Å². The number of benzene rings is 1. The molecule has 0 amide bonds. The molecule has 19 heavy (non-hydrogen) atoms. The predicted octanol–water partition coefficient (Wildman–Crippen LogP) is 1.74. The quantitative estimate of drug-likeness (QED) is 0.858. The topological polar surface area (TPSA) is 50.7 Å². The standard InChI is InChI=1S/C13H17F2NO3/c1-9(16-7-13(14,15)8-17)10-2-3-11-12(6-10)19-5-4-18-11/h2-3,6,9,16-17H,4-5,7-8H2,1H3. The van der Waals surface area contributed by atoms with Gasteiger partial charge in [-0.1, -0.05) is 6.07 Å². The van der Waals surface area contributed by atoms with Crippen LogP contribution in [0.3, 0.4) is 0 Å². The van der Waals surface area contributed by atoms with Crippen LogP contribution >= 0.6 is 0 Å². The van der Waals surface area contributed by atoms with Gasteiger partial charge >= 0.3 is 0 Å². The molecular weight excluding hydrogens is 256 g/mol. The third kappa shape index (κ3) is 3.54. The smallest absolute Gasteiger partial charge is 0.282 e. The highest BCUT2D eigenvalue weighted by atomic mass is 19.3. The summed E-state index contributed by atoms with van der Waals surface area (Å²) in [6.45, 7) is 1.05. The van der Waals surface area contributed by atoms with E-state index >= 15 is 0 Å². The van der Waals surface area contributed by atoms with Crippen LogP contribution in [0.1, 0.15) is 18.5 Å². The summed E-state index contributed by atoms with van der Waals surface area (Å²) in [6, 6.07) is 5.09. The highest BCUT2D eigenvalue weighted by Crippen LogP contribution is 2.32. The summed E-state index contributed by atoms with van der Waals surface area (Å²) in [7, 11) is 0. The van der Waals surface area contributed by atoms with Crippen LogP contribution in [0.15, 0.2) is 18.2 Å². The Labute approximate surface area is 110 Å². The monoisotopic (exact) mass is 273 g/mol. The Morgan fingerprint density at radius 3 is 2.68 bits per heavy atom. The largest absolute Gasteiger partial charge is 0.486 e.